The number of rotatable bonds is 5. The van der Waals surface area contributed by atoms with Crippen molar-refractivity contribution < 1.29 is 29.0 Å². The summed E-state index contributed by atoms with van der Waals surface area (Å²) in [5, 5.41) is 8.89. The number of carboxylic acids is 1. The fourth-order valence-electron chi connectivity index (χ4n) is 1.38. The highest BCUT2D eigenvalue weighted by Gasteiger charge is 2.34. The lowest BCUT2D eigenvalue weighted by Gasteiger charge is -2.25. The van der Waals surface area contributed by atoms with E-state index >= 15 is 0 Å². The number of esters is 2. The number of hydrogen-bond donors (Lipinski definition) is 1. The largest absolute Gasteiger partial charge is 0.481 e. The molecule has 0 rings (SSSR count). The van der Waals surface area contributed by atoms with E-state index in [1.54, 1.807) is 41.5 Å². The molecule has 1 atom stereocenters. The summed E-state index contributed by atoms with van der Waals surface area (Å²) in [5.74, 6) is -4.10. The van der Waals surface area contributed by atoms with Gasteiger partial charge in [-0.1, -0.05) is 6.58 Å². The molecule has 6 nitrogen and oxygen atoms in total. The minimum Gasteiger partial charge on any atom is -0.481 e. The zero-order valence-electron chi connectivity index (χ0n) is 13.5. The van der Waals surface area contributed by atoms with Crippen LogP contribution in [0.5, 0.6) is 0 Å². The van der Waals surface area contributed by atoms with Crippen molar-refractivity contribution in [3.63, 3.8) is 0 Å². The number of carbonyl (C=O) groups excluding carboxylic acids is 2. The summed E-state index contributed by atoms with van der Waals surface area (Å²) in [7, 11) is 0. The molecule has 0 spiro atoms. The summed E-state index contributed by atoms with van der Waals surface area (Å²) in [6, 6.07) is 0. The number of carboxylic acid groups (broad SMARTS) is 1. The highest BCUT2D eigenvalue weighted by Crippen LogP contribution is 2.22. The van der Waals surface area contributed by atoms with Crippen LogP contribution in [0.2, 0.25) is 0 Å². The number of aliphatic carboxylic acids is 1. The van der Waals surface area contributed by atoms with Gasteiger partial charge in [0.05, 0.1) is 12.3 Å². The van der Waals surface area contributed by atoms with Crippen LogP contribution in [0.25, 0.3) is 0 Å². The predicted octanol–water partition coefficient (Wildman–Crippen LogP) is 2.32. The van der Waals surface area contributed by atoms with E-state index in [0.29, 0.717) is 0 Å². The van der Waals surface area contributed by atoms with E-state index in [1.165, 1.54) is 0 Å². The lowest BCUT2D eigenvalue weighted by atomic mass is 9.96. The van der Waals surface area contributed by atoms with Gasteiger partial charge in [0, 0.05) is 5.57 Å². The fraction of sp³-hybridized carbons (Fsp3) is 0.667. The van der Waals surface area contributed by atoms with E-state index < -0.39 is 41.4 Å². The minimum atomic E-state index is -1.27. The van der Waals surface area contributed by atoms with Gasteiger partial charge >= 0.3 is 17.9 Å². The molecule has 0 saturated heterocycles. The minimum absolute atomic E-state index is 0.221. The van der Waals surface area contributed by atoms with Gasteiger partial charge in [0.15, 0.2) is 0 Å². The van der Waals surface area contributed by atoms with Crippen LogP contribution in [0.3, 0.4) is 0 Å². The second-order valence-corrected chi connectivity index (χ2v) is 6.71. The third kappa shape index (κ3) is 8.12. The Morgan fingerprint density at radius 2 is 1.43 bits per heavy atom. The molecule has 0 aromatic heterocycles. The molecule has 21 heavy (non-hydrogen) atoms. The molecule has 1 unspecified atom stereocenters. The Bertz CT molecular complexity index is 436. The zero-order chi connectivity index (χ0) is 17.0. The summed E-state index contributed by atoms with van der Waals surface area (Å²) < 4.78 is 10.2. The third-order valence-electron chi connectivity index (χ3n) is 2.15. The van der Waals surface area contributed by atoms with Crippen LogP contribution in [-0.2, 0) is 23.9 Å². The Labute approximate surface area is 125 Å². The zero-order valence-corrected chi connectivity index (χ0v) is 13.5. The van der Waals surface area contributed by atoms with Crippen molar-refractivity contribution in [2.24, 2.45) is 5.92 Å². The van der Waals surface area contributed by atoms with E-state index in [1.807, 2.05) is 0 Å². The number of ether oxygens (including phenoxy) is 2. The number of hydrogen-bond acceptors (Lipinski definition) is 5. The molecule has 0 aliphatic heterocycles. The van der Waals surface area contributed by atoms with Gasteiger partial charge in [-0.3, -0.25) is 9.59 Å². The van der Waals surface area contributed by atoms with Gasteiger partial charge in [-0.25, -0.2) is 4.79 Å². The highest BCUT2D eigenvalue weighted by atomic mass is 16.6. The first-order chi connectivity index (χ1) is 9.23. The van der Waals surface area contributed by atoms with Crippen LogP contribution >= 0.6 is 0 Å². The van der Waals surface area contributed by atoms with Gasteiger partial charge in [-0.05, 0) is 41.5 Å². The van der Waals surface area contributed by atoms with Gasteiger partial charge in [0.25, 0.3) is 0 Å². The molecule has 0 amide bonds. The predicted molar refractivity (Wildman–Crippen MR) is 76.6 cm³/mol. The smallest absolute Gasteiger partial charge is 0.334 e. The van der Waals surface area contributed by atoms with Gasteiger partial charge in [0.1, 0.15) is 11.2 Å². The molecule has 0 fully saturated rings. The van der Waals surface area contributed by atoms with E-state index in [2.05, 4.69) is 6.58 Å². The molecule has 0 aliphatic rings. The molecule has 120 valence electrons. The third-order valence-corrected chi connectivity index (χ3v) is 2.15. The lowest BCUT2D eigenvalue weighted by molar-refractivity contribution is -0.164. The molecule has 0 saturated carbocycles. The van der Waals surface area contributed by atoms with Gasteiger partial charge in [-0.2, -0.15) is 0 Å². The van der Waals surface area contributed by atoms with E-state index in [4.69, 9.17) is 14.6 Å². The maximum absolute atomic E-state index is 12.1. The van der Waals surface area contributed by atoms with Crippen LogP contribution in [0.15, 0.2) is 12.2 Å². The molecular weight excluding hydrogens is 276 g/mol. The maximum Gasteiger partial charge on any atom is 0.334 e. The summed E-state index contributed by atoms with van der Waals surface area (Å²) in [4.78, 5) is 34.9. The van der Waals surface area contributed by atoms with E-state index in [-0.39, 0.29) is 5.57 Å². The Balaban J connectivity index is 5.15. The lowest BCUT2D eigenvalue weighted by Crippen LogP contribution is -2.34. The quantitative estimate of drug-likeness (QED) is 0.619. The SMILES string of the molecule is C=C(C(=O)OC(C)(C)C)C(CC(=O)O)C(=O)OC(C)(C)C. The van der Waals surface area contributed by atoms with Crippen LogP contribution in [0.1, 0.15) is 48.0 Å². The topological polar surface area (TPSA) is 89.9 Å². The average Bonchev–Trinajstić information content (AvgIpc) is 2.19. The second kappa shape index (κ2) is 6.74. The monoisotopic (exact) mass is 300 g/mol. The van der Waals surface area contributed by atoms with Gasteiger partial charge < -0.3 is 14.6 Å². The Morgan fingerprint density at radius 1 is 1.00 bits per heavy atom. The first-order valence-electron chi connectivity index (χ1n) is 6.60. The van der Waals surface area contributed by atoms with Crippen molar-refractivity contribution in [2.75, 3.05) is 0 Å². The maximum atomic E-state index is 12.1. The van der Waals surface area contributed by atoms with Crippen molar-refractivity contribution in [1.29, 1.82) is 0 Å². The Hall–Kier alpha value is -1.85. The molecule has 0 aromatic rings. The van der Waals surface area contributed by atoms with Gasteiger partial charge in [0.2, 0.25) is 0 Å². The molecular formula is C15H24O6. The highest BCUT2D eigenvalue weighted by molar-refractivity contribution is 5.96. The molecule has 0 radical (unpaired) electrons. The Morgan fingerprint density at radius 3 is 1.76 bits per heavy atom. The van der Waals surface area contributed by atoms with Crippen LogP contribution in [-0.4, -0.2) is 34.2 Å². The first kappa shape index (κ1) is 19.1. The molecule has 1 N–H and O–H groups in total. The second-order valence-electron chi connectivity index (χ2n) is 6.71. The summed E-state index contributed by atoms with van der Waals surface area (Å²) in [6.07, 6.45) is -0.576. The molecule has 6 heteroatoms. The Kier molecular flexibility index (Phi) is 6.14. The molecule has 0 aromatic carbocycles. The normalized spacial score (nSPS) is 13.2. The number of carbonyl (C=O) groups is 3. The van der Waals surface area contributed by atoms with Crippen LogP contribution in [0, 0.1) is 5.92 Å². The molecule has 0 heterocycles. The van der Waals surface area contributed by atoms with Crippen molar-refractivity contribution in [3.05, 3.63) is 12.2 Å². The standard InChI is InChI=1S/C15H24O6/c1-9(12(18)20-14(2,3)4)10(8-11(16)17)13(19)21-15(5,6)7/h10H,1,8H2,2-7H3,(H,16,17). The average molecular weight is 300 g/mol. The molecule has 0 bridgehead atoms. The summed E-state index contributed by atoms with van der Waals surface area (Å²) in [5.41, 5.74) is -1.77. The van der Waals surface area contributed by atoms with Gasteiger partial charge in [-0.15, -0.1) is 0 Å². The van der Waals surface area contributed by atoms with E-state index in [0.717, 1.165) is 0 Å². The summed E-state index contributed by atoms with van der Waals surface area (Å²) >= 11 is 0. The first-order valence-corrected chi connectivity index (χ1v) is 6.60. The fourth-order valence-corrected chi connectivity index (χ4v) is 1.38. The van der Waals surface area contributed by atoms with Crippen molar-refractivity contribution >= 4 is 17.9 Å². The molecule has 0 aliphatic carbocycles. The van der Waals surface area contributed by atoms with Crippen LogP contribution in [0.4, 0.5) is 0 Å². The summed E-state index contributed by atoms with van der Waals surface area (Å²) in [6.45, 7) is 13.5. The van der Waals surface area contributed by atoms with Crippen LogP contribution < -0.4 is 0 Å². The van der Waals surface area contributed by atoms with Crippen molar-refractivity contribution in [3.8, 4) is 0 Å². The van der Waals surface area contributed by atoms with E-state index in [9.17, 15) is 14.4 Å². The van der Waals surface area contributed by atoms with Crippen molar-refractivity contribution in [2.45, 2.75) is 59.2 Å². The van der Waals surface area contributed by atoms with Crippen molar-refractivity contribution in [1.82, 2.24) is 0 Å².